The molecule has 0 unspecified atom stereocenters. The zero-order valence-corrected chi connectivity index (χ0v) is 6.45. The molecule has 4 heteroatoms. The molecule has 0 aliphatic heterocycles. The molecule has 1 aliphatic carbocycles. The van der Waals surface area contributed by atoms with E-state index in [4.69, 9.17) is 23.2 Å². The van der Waals surface area contributed by atoms with Crippen LogP contribution in [-0.4, -0.2) is 4.08 Å². The van der Waals surface area contributed by atoms with Crippen LogP contribution in [0.15, 0.2) is 10.1 Å². The summed E-state index contributed by atoms with van der Waals surface area (Å²) in [6, 6.07) is 0. The molecule has 0 amide bonds. The van der Waals surface area contributed by atoms with E-state index in [1.54, 1.807) is 0 Å². The van der Waals surface area contributed by atoms with Gasteiger partial charge in [0.05, 0.1) is 10.1 Å². The van der Waals surface area contributed by atoms with Crippen LogP contribution < -0.4 is 0 Å². The smallest absolute Gasteiger partial charge is 0.129 e. The Balaban J connectivity index is 2.69. The van der Waals surface area contributed by atoms with E-state index in [1.807, 2.05) is 0 Å². The Bertz CT molecular complexity index is 124. The van der Waals surface area contributed by atoms with Crippen molar-refractivity contribution in [2.75, 3.05) is 0 Å². The van der Waals surface area contributed by atoms with Crippen molar-refractivity contribution in [3.63, 3.8) is 0 Å². The Kier molecular flexibility index (Phi) is 1.32. The lowest BCUT2D eigenvalue weighted by Gasteiger charge is -1.92. The number of thiol groups is 2. The van der Waals surface area contributed by atoms with Crippen LogP contribution in [0.5, 0.6) is 0 Å². The molecule has 0 nitrogen and oxygen atoms in total. The van der Waals surface area contributed by atoms with Crippen LogP contribution in [0.2, 0.25) is 0 Å². The molecule has 0 spiro atoms. The molecule has 0 fully saturated rings. The molecule has 0 bridgehead atoms. The van der Waals surface area contributed by atoms with Crippen LogP contribution in [0.25, 0.3) is 0 Å². The van der Waals surface area contributed by atoms with Crippen molar-refractivity contribution in [2.24, 2.45) is 0 Å². The molecule has 0 N–H and O–H groups in total. The summed E-state index contributed by atoms with van der Waals surface area (Å²) in [5, 5.41) is 1.08. The molecule has 0 aromatic rings. The SMILES string of the molecule is SC1(S)C(Cl)=C1Cl. The fraction of sp³-hybridized carbons (Fsp3) is 0.333. The van der Waals surface area contributed by atoms with Gasteiger partial charge in [0.1, 0.15) is 4.08 Å². The van der Waals surface area contributed by atoms with Crippen LogP contribution in [0.4, 0.5) is 0 Å². The van der Waals surface area contributed by atoms with Crippen molar-refractivity contribution >= 4 is 48.5 Å². The molecule has 0 aromatic carbocycles. The van der Waals surface area contributed by atoms with E-state index in [1.165, 1.54) is 0 Å². The number of rotatable bonds is 0. The van der Waals surface area contributed by atoms with Crippen LogP contribution in [0.3, 0.4) is 0 Å². The van der Waals surface area contributed by atoms with Crippen molar-refractivity contribution < 1.29 is 0 Å². The Labute approximate surface area is 62.7 Å². The van der Waals surface area contributed by atoms with Gasteiger partial charge in [-0.05, 0) is 0 Å². The zero-order chi connectivity index (χ0) is 5.65. The van der Waals surface area contributed by atoms with Crippen molar-refractivity contribution in [3.8, 4) is 0 Å². The first-order valence-corrected chi connectivity index (χ1v) is 3.23. The van der Waals surface area contributed by atoms with Gasteiger partial charge in [-0.1, -0.05) is 23.2 Å². The van der Waals surface area contributed by atoms with E-state index in [0.717, 1.165) is 0 Å². The van der Waals surface area contributed by atoms with Crippen LogP contribution in [-0.2, 0) is 0 Å². The average Bonchev–Trinajstić information content (AvgIpc) is 1.91. The molecule has 0 atom stereocenters. The topological polar surface area (TPSA) is 0 Å². The van der Waals surface area contributed by atoms with Crippen molar-refractivity contribution in [2.45, 2.75) is 4.08 Å². The largest absolute Gasteiger partial charge is 0.151 e. The number of hydrogen-bond acceptors (Lipinski definition) is 2. The fourth-order valence-electron chi connectivity index (χ4n) is 0.206. The molecule has 1 rings (SSSR count). The monoisotopic (exact) mass is 172 g/mol. The molecular formula is C3H2Cl2S2. The van der Waals surface area contributed by atoms with Gasteiger partial charge in [0.2, 0.25) is 0 Å². The van der Waals surface area contributed by atoms with Crippen molar-refractivity contribution in [1.82, 2.24) is 0 Å². The first kappa shape index (κ1) is 6.14. The van der Waals surface area contributed by atoms with E-state index in [0.29, 0.717) is 10.1 Å². The lowest BCUT2D eigenvalue weighted by molar-refractivity contribution is 1.57. The molecule has 40 valence electrons. The highest BCUT2D eigenvalue weighted by molar-refractivity contribution is 8.02. The van der Waals surface area contributed by atoms with E-state index >= 15 is 0 Å². The van der Waals surface area contributed by atoms with Gasteiger partial charge in [-0.15, -0.1) is 0 Å². The summed E-state index contributed by atoms with van der Waals surface area (Å²) in [4.78, 5) is 0. The van der Waals surface area contributed by atoms with Gasteiger partial charge in [-0.2, -0.15) is 25.3 Å². The summed E-state index contributed by atoms with van der Waals surface area (Å²) in [5.41, 5.74) is 0. The summed E-state index contributed by atoms with van der Waals surface area (Å²) in [6.45, 7) is 0. The molecule has 0 saturated carbocycles. The third kappa shape index (κ3) is 0.784. The molecular weight excluding hydrogens is 171 g/mol. The zero-order valence-electron chi connectivity index (χ0n) is 3.15. The van der Waals surface area contributed by atoms with Crippen molar-refractivity contribution in [1.29, 1.82) is 0 Å². The van der Waals surface area contributed by atoms with E-state index in [9.17, 15) is 0 Å². The summed E-state index contributed by atoms with van der Waals surface area (Å²) in [6.07, 6.45) is 0. The second-order valence-electron chi connectivity index (χ2n) is 1.30. The quantitative estimate of drug-likeness (QED) is 0.407. The molecule has 0 aromatic heterocycles. The second kappa shape index (κ2) is 1.50. The fourth-order valence-corrected chi connectivity index (χ4v) is 1.23. The normalized spacial score (nSPS) is 25.7. The van der Waals surface area contributed by atoms with E-state index in [-0.39, 0.29) is 0 Å². The Morgan fingerprint density at radius 3 is 1.29 bits per heavy atom. The van der Waals surface area contributed by atoms with Gasteiger partial charge < -0.3 is 0 Å². The third-order valence-electron chi connectivity index (χ3n) is 0.742. The number of halogens is 2. The van der Waals surface area contributed by atoms with E-state index in [2.05, 4.69) is 25.3 Å². The molecule has 7 heavy (non-hydrogen) atoms. The Morgan fingerprint density at radius 1 is 1.14 bits per heavy atom. The van der Waals surface area contributed by atoms with Gasteiger partial charge in [-0.25, -0.2) is 0 Å². The first-order chi connectivity index (χ1) is 3.07. The summed E-state index contributed by atoms with van der Waals surface area (Å²) < 4.78 is -0.580. The minimum atomic E-state index is -0.580. The first-order valence-electron chi connectivity index (χ1n) is 1.58. The lowest BCUT2D eigenvalue weighted by atomic mass is 10.8. The van der Waals surface area contributed by atoms with Crippen LogP contribution >= 0.6 is 48.5 Å². The summed E-state index contributed by atoms with van der Waals surface area (Å²) in [7, 11) is 0. The minimum Gasteiger partial charge on any atom is -0.151 e. The van der Waals surface area contributed by atoms with Crippen LogP contribution in [0.1, 0.15) is 0 Å². The Morgan fingerprint density at radius 2 is 1.29 bits per heavy atom. The summed E-state index contributed by atoms with van der Waals surface area (Å²) in [5.74, 6) is 0. The summed E-state index contributed by atoms with van der Waals surface area (Å²) >= 11 is 18.7. The molecule has 0 heterocycles. The average molecular weight is 173 g/mol. The maximum Gasteiger partial charge on any atom is 0.129 e. The van der Waals surface area contributed by atoms with Gasteiger partial charge >= 0.3 is 0 Å². The highest BCUT2D eigenvalue weighted by atomic mass is 35.5. The van der Waals surface area contributed by atoms with Gasteiger partial charge in [0, 0.05) is 0 Å². The standard InChI is InChI=1S/C3H2Cl2S2/c4-1-2(5)3(1,6)7/h6-7H. The lowest BCUT2D eigenvalue weighted by Crippen LogP contribution is -1.86. The Hall–Kier alpha value is 1.02. The second-order valence-corrected chi connectivity index (χ2v) is 3.75. The third-order valence-corrected chi connectivity index (χ3v) is 3.21. The predicted octanol–water partition coefficient (Wildman–Crippen LogP) is 2.25. The molecule has 1 aliphatic rings. The maximum absolute atomic E-state index is 5.42. The highest BCUT2D eigenvalue weighted by Gasteiger charge is 2.46. The van der Waals surface area contributed by atoms with Crippen LogP contribution in [0, 0.1) is 0 Å². The maximum atomic E-state index is 5.42. The minimum absolute atomic E-state index is 0.542. The predicted molar refractivity (Wildman–Crippen MR) is 39.4 cm³/mol. The van der Waals surface area contributed by atoms with Gasteiger partial charge in [-0.3, -0.25) is 0 Å². The number of hydrogen-bond donors (Lipinski definition) is 2. The van der Waals surface area contributed by atoms with Gasteiger partial charge in [0.25, 0.3) is 0 Å². The highest BCUT2D eigenvalue weighted by Crippen LogP contribution is 2.56. The molecule has 0 radical (unpaired) electrons. The van der Waals surface area contributed by atoms with Crippen molar-refractivity contribution in [3.05, 3.63) is 10.1 Å². The van der Waals surface area contributed by atoms with Gasteiger partial charge in [0.15, 0.2) is 0 Å². The van der Waals surface area contributed by atoms with E-state index < -0.39 is 4.08 Å². The molecule has 0 saturated heterocycles.